The van der Waals surface area contributed by atoms with Gasteiger partial charge in [0.2, 0.25) is 0 Å². The Balaban J connectivity index is 2.36. The van der Waals surface area contributed by atoms with Gasteiger partial charge in [-0.2, -0.15) is 0 Å². The summed E-state index contributed by atoms with van der Waals surface area (Å²) in [6.07, 6.45) is 0. The lowest BCUT2D eigenvalue weighted by molar-refractivity contribution is 0.0857. The van der Waals surface area contributed by atoms with Crippen molar-refractivity contribution >= 4 is 0 Å². The summed E-state index contributed by atoms with van der Waals surface area (Å²) < 4.78 is 13.3. The van der Waals surface area contributed by atoms with E-state index in [2.05, 4.69) is 31.0 Å². The molecular weight excluding hydrogens is 239 g/mol. The largest absolute Gasteiger partial charge is 0.314 e. The fourth-order valence-electron chi connectivity index (χ4n) is 3.10. The summed E-state index contributed by atoms with van der Waals surface area (Å²) >= 11 is 0. The third kappa shape index (κ3) is 3.34. The van der Waals surface area contributed by atoms with Gasteiger partial charge >= 0.3 is 0 Å². The standard InChI is InChI=1S/C16H25FN2/c1-12-11-13(17)5-6-14(12)15(16(2,3)4)19-9-7-18-8-10-19/h5-6,11,15,18H,7-10H2,1-4H3/t15-/m1/s1. The lowest BCUT2D eigenvalue weighted by Crippen LogP contribution is -2.48. The van der Waals surface area contributed by atoms with E-state index >= 15 is 0 Å². The highest BCUT2D eigenvalue weighted by Gasteiger charge is 2.33. The molecule has 1 atom stereocenters. The Hall–Kier alpha value is -0.930. The van der Waals surface area contributed by atoms with Gasteiger partial charge in [-0.15, -0.1) is 0 Å². The average Bonchev–Trinajstić information content (AvgIpc) is 2.32. The van der Waals surface area contributed by atoms with Crippen LogP contribution in [-0.2, 0) is 0 Å². The number of nitrogens with zero attached hydrogens (tertiary/aromatic N) is 1. The monoisotopic (exact) mass is 264 g/mol. The van der Waals surface area contributed by atoms with Crippen molar-refractivity contribution in [1.29, 1.82) is 0 Å². The molecular formula is C16H25FN2. The molecule has 0 amide bonds. The quantitative estimate of drug-likeness (QED) is 0.883. The van der Waals surface area contributed by atoms with E-state index in [4.69, 9.17) is 0 Å². The Morgan fingerprint density at radius 3 is 2.37 bits per heavy atom. The van der Waals surface area contributed by atoms with Crippen LogP contribution in [0.2, 0.25) is 0 Å². The Morgan fingerprint density at radius 2 is 1.84 bits per heavy atom. The van der Waals surface area contributed by atoms with Gasteiger partial charge in [-0.1, -0.05) is 26.8 Å². The number of aryl methyl sites for hydroxylation is 1. The smallest absolute Gasteiger partial charge is 0.123 e. The highest BCUT2D eigenvalue weighted by Crippen LogP contribution is 2.39. The molecule has 19 heavy (non-hydrogen) atoms. The minimum Gasteiger partial charge on any atom is -0.314 e. The minimum absolute atomic E-state index is 0.139. The molecule has 0 unspecified atom stereocenters. The predicted octanol–water partition coefficient (Wildman–Crippen LogP) is 3.13. The summed E-state index contributed by atoms with van der Waals surface area (Å²) in [4.78, 5) is 2.52. The molecule has 2 nitrogen and oxygen atoms in total. The van der Waals surface area contributed by atoms with Crippen LogP contribution in [0.15, 0.2) is 18.2 Å². The molecule has 0 bridgehead atoms. The number of halogens is 1. The number of benzene rings is 1. The molecule has 106 valence electrons. The molecule has 0 aromatic heterocycles. The van der Waals surface area contributed by atoms with E-state index in [1.54, 1.807) is 12.1 Å². The first-order valence-electron chi connectivity index (χ1n) is 7.10. The van der Waals surface area contributed by atoms with Crippen LogP contribution >= 0.6 is 0 Å². The van der Waals surface area contributed by atoms with Crippen molar-refractivity contribution in [2.75, 3.05) is 26.2 Å². The van der Waals surface area contributed by atoms with E-state index in [1.807, 2.05) is 13.0 Å². The highest BCUT2D eigenvalue weighted by atomic mass is 19.1. The average molecular weight is 264 g/mol. The van der Waals surface area contributed by atoms with Gasteiger partial charge in [-0.05, 0) is 35.6 Å². The van der Waals surface area contributed by atoms with Crippen molar-refractivity contribution in [3.8, 4) is 0 Å². The van der Waals surface area contributed by atoms with Crippen LogP contribution in [0.1, 0.15) is 37.9 Å². The fraction of sp³-hybridized carbons (Fsp3) is 0.625. The van der Waals surface area contributed by atoms with Crippen molar-refractivity contribution in [1.82, 2.24) is 10.2 Å². The zero-order valence-corrected chi connectivity index (χ0v) is 12.5. The summed E-state index contributed by atoms with van der Waals surface area (Å²) in [7, 11) is 0. The Morgan fingerprint density at radius 1 is 1.21 bits per heavy atom. The Bertz CT molecular complexity index is 431. The van der Waals surface area contributed by atoms with Crippen LogP contribution in [0.25, 0.3) is 0 Å². The first-order valence-corrected chi connectivity index (χ1v) is 7.10. The van der Waals surface area contributed by atoms with E-state index in [-0.39, 0.29) is 11.2 Å². The number of hydrogen-bond acceptors (Lipinski definition) is 2. The second kappa shape index (κ2) is 5.59. The molecule has 1 aromatic rings. The van der Waals surface area contributed by atoms with Crippen LogP contribution in [0, 0.1) is 18.2 Å². The van der Waals surface area contributed by atoms with Gasteiger partial charge in [0.1, 0.15) is 5.82 Å². The molecule has 1 fully saturated rings. The van der Waals surface area contributed by atoms with Gasteiger partial charge in [-0.3, -0.25) is 4.90 Å². The number of nitrogens with one attached hydrogen (secondary N) is 1. The molecule has 1 saturated heterocycles. The van der Waals surface area contributed by atoms with Crippen molar-refractivity contribution < 1.29 is 4.39 Å². The van der Waals surface area contributed by atoms with Gasteiger partial charge < -0.3 is 5.32 Å². The van der Waals surface area contributed by atoms with Gasteiger partial charge in [0.15, 0.2) is 0 Å². The third-order valence-electron chi connectivity index (χ3n) is 3.86. The SMILES string of the molecule is Cc1cc(F)ccc1[C@@H](N1CCNCC1)C(C)(C)C. The molecule has 0 saturated carbocycles. The van der Waals surface area contributed by atoms with E-state index < -0.39 is 0 Å². The molecule has 3 heteroatoms. The summed E-state index contributed by atoms with van der Waals surface area (Å²) in [5.41, 5.74) is 2.45. The molecule has 1 aliphatic rings. The molecule has 0 aliphatic carbocycles. The maximum atomic E-state index is 13.3. The Labute approximate surface area is 116 Å². The normalized spacial score (nSPS) is 19.4. The van der Waals surface area contributed by atoms with Crippen molar-refractivity contribution in [3.05, 3.63) is 35.1 Å². The number of piperazine rings is 1. The van der Waals surface area contributed by atoms with Gasteiger partial charge in [-0.25, -0.2) is 4.39 Å². The Kier molecular flexibility index (Phi) is 4.26. The van der Waals surface area contributed by atoms with Gasteiger partial charge in [0.05, 0.1) is 0 Å². The zero-order chi connectivity index (χ0) is 14.0. The molecule has 0 radical (unpaired) electrons. The molecule has 2 rings (SSSR count). The third-order valence-corrected chi connectivity index (χ3v) is 3.86. The van der Waals surface area contributed by atoms with Crippen LogP contribution < -0.4 is 5.32 Å². The summed E-state index contributed by atoms with van der Waals surface area (Å²) in [6, 6.07) is 5.54. The van der Waals surface area contributed by atoms with E-state index in [0.717, 1.165) is 31.7 Å². The second-order valence-corrected chi connectivity index (χ2v) is 6.56. The van der Waals surface area contributed by atoms with Gasteiger partial charge in [0, 0.05) is 32.2 Å². The van der Waals surface area contributed by atoms with Crippen LogP contribution in [0.3, 0.4) is 0 Å². The number of hydrogen-bond donors (Lipinski definition) is 1. The summed E-state index contributed by atoms with van der Waals surface area (Å²) in [6.45, 7) is 13.0. The minimum atomic E-state index is -0.144. The maximum absolute atomic E-state index is 13.3. The molecule has 0 spiro atoms. The fourth-order valence-corrected chi connectivity index (χ4v) is 3.10. The van der Waals surface area contributed by atoms with E-state index in [9.17, 15) is 4.39 Å². The molecule has 1 heterocycles. The van der Waals surface area contributed by atoms with E-state index in [1.165, 1.54) is 5.56 Å². The predicted molar refractivity (Wildman–Crippen MR) is 77.8 cm³/mol. The van der Waals surface area contributed by atoms with Crippen LogP contribution in [0.4, 0.5) is 4.39 Å². The van der Waals surface area contributed by atoms with Crippen molar-refractivity contribution in [2.24, 2.45) is 5.41 Å². The number of rotatable bonds is 2. The van der Waals surface area contributed by atoms with Crippen molar-refractivity contribution in [2.45, 2.75) is 33.7 Å². The topological polar surface area (TPSA) is 15.3 Å². The first kappa shape index (κ1) is 14.5. The first-order chi connectivity index (χ1) is 8.89. The molecule has 1 aliphatic heterocycles. The summed E-state index contributed by atoms with van der Waals surface area (Å²) in [5, 5.41) is 3.39. The molecule has 1 N–H and O–H groups in total. The van der Waals surface area contributed by atoms with Gasteiger partial charge in [0.25, 0.3) is 0 Å². The lowest BCUT2D eigenvalue weighted by Gasteiger charge is -2.43. The second-order valence-electron chi connectivity index (χ2n) is 6.56. The highest BCUT2D eigenvalue weighted by molar-refractivity contribution is 5.31. The van der Waals surface area contributed by atoms with E-state index in [0.29, 0.717) is 6.04 Å². The maximum Gasteiger partial charge on any atom is 0.123 e. The van der Waals surface area contributed by atoms with Crippen LogP contribution in [-0.4, -0.2) is 31.1 Å². The lowest BCUT2D eigenvalue weighted by atomic mass is 9.79. The zero-order valence-electron chi connectivity index (χ0n) is 12.5. The molecule has 1 aromatic carbocycles. The summed E-state index contributed by atoms with van der Waals surface area (Å²) in [5.74, 6) is -0.144. The van der Waals surface area contributed by atoms with Crippen molar-refractivity contribution in [3.63, 3.8) is 0 Å². The van der Waals surface area contributed by atoms with Crippen LogP contribution in [0.5, 0.6) is 0 Å².